The van der Waals surface area contributed by atoms with Crippen molar-refractivity contribution in [1.82, 2.24) is 15.2 Å². The summed E-state index contributed by atoms with van der Waals surface area (Å²) in [6.07, 6.45) is 3.32. The van der Waals surface area contributed by atoms with E-state index in [1.165, 1.54) is 11.8 Å². The maximum atomic E-state index is 12.4. The minimum atomic E-state index is 0.0272. The normalized spacial score (nSPS) is 10.9. The van der Waals surface area contributed by atoms with Crippen LogP contribution < -0.4 is 0 Å². The van der Waals surface area contributed by atoms with Gasteiger partial charge in [-0.2, -0.15) is 0 Å². The van der Waals surface area contributed by atoms with Gasteiger partial charge in [0.05, 0.1) is 5.75 Å². The average molecular weight is 347 g/mol. The molecule has 0 saturated heterocycles. The van der Waals surface area contributed by atoms with Gasteiger partial charge in [0.15, 0.2) is 5.78 Å². The number of carbonyl (C=O) groups excluding carboxylic acids is 1. The Morgan fingerprint density at radius 1 is 0.960 bits per heavy atom. The Balaban J connectivity index is 1.45. The minimum absolute atomic E-state index is 0.0272. The fraction of sp³-hybridized carbons (Fsp3) is 0.0526. The summed E-state index contributed by atoms with van der Waals surface area (Å²) in [5, 5.41) is 10.5. The zero-order chi connectivity index (χ0) is 17.1. The highest BCUT2D eigenvalue weighted by atomic mass is 32.2. The molecule has 0 fully saturated rings. The molecule has 122 valence electrons. The summed E-state index contributed by atoms with van der Waals surface area (Å²) in [6, 6.07) is 17.3. The second kappa shape index (κ2) is 6.86. The van der Waals surface area contributed by atoms with Crippen molar-refractivity contribution in [1.29, 1.82) is 0 Å². The van der Waals surface area contributed by atoms with Gasteiger partial charge < -0.3 is 4.42 Å². The largest absolute Gasteiger partial charge is 0.411 e. The Morgan fingerprint density at radius 3 is 2.60 bits per heavy atom. The van der Waals surface area contributed by atoms with Gasteiger partial charge >= 0.3 is 0 Å². The van der Waals surface area contributed by atoms with E-state index >= 15 is 0 Å². The van der Waals surface area contributed by atoms with E-state index in [0.29, 0.717) is 16.7 Å². The van der Waals surface area contributed by atoms with Crippen molar-refractivity contribution in [2.75, 3.05) is 5.75 Å². The van der Waals surface area contributed by atoms with Crippen LogP contribution in [0.4, 0.5) is 0 Å². The Morgan fingerprint density at radius 2 is 1.76 bits per heavy atom. The Kier molecular flexibility index (Phi) is 4.26. The first-order valence-corrected chi connectivity index (χ1v) is 8.67. The van der Waals surface area contributed by atoms with E-state index in [4.69, 9.17) is 4.42 Å². The van der Waals surface area contributed by atoms with Crippen LogP contribution in [0.15, 0.2) is 76.6 Å². The lowest BCUT2D eigenvalue weighted by molar-refractivity contribution is 0.102. The number of carbonyl (C=O) groups is 1. The Bertz CT molecular complexity index is 1030. The van der Waals surface area contributed by atoms with Gasteiger partial charge in [-0.3, -0.25) is 9.78 Å². The van der Waals surface area contributed by atoms with Gasteiger partial charge in [0.1, 0.15) is 0 Å². The molecule has 0 amide bonds. The van der Waals surface area contributed by atoms with Crippen molar-refractivity contribution in [2.24, 2.45) is 0 Å². The van der Waals surface area contributed by atoms with Crippen LogP contribution in [0, 0.1) is 0 Å². The molecule has 6 heteroatoms. The Hall–Kier alpha value is -2.99. The molecular weight excluding hydrogens is 334 g/mol. The van der Waals surface area contributed by atoms with Crippen LogP contribution in [0.2, 0.25) is 0 Å². The molecule has 0 N–H and O–H groups in total. The van der Waals surface area contributed by atoms with Crippen LogP contribution in [-0.4, -0.2) is 26.7 Å². The molecule has 2 aromatic heterocycles. The number of nitrogens with zero attached hydrogens (tertiary/aromatic N) is 3. The summed E-state index contributed by atoms with van der Waals surface area (Å²) in [7, 11) is 0. The number of pyridine rings is 1. The van der Waals surface area contributed by atoms with Crippen LogP contribution in [0.1, 0.15) is 10.4 Å². The zero-order valence-electron chi connectivity index (χ0n) is 13.1. The predicted molar refractivity (Wildman–Crippen MR) is 96.5 cm³/mol. The maximum absolute atomic E-state index is 12.4. The molecule has 25 heavy (non-hydrogen) atoms. The molecule has 0 spiro atoms. The van der Waals surface area contributed by atoms with Crippen molar-refractivity contribution in [3.05, 3.63) is 72.6 Å². The van der Waals surface area contributed by atoms with Crippen molar-refractivity contribution < 1.29 is 9.21 Å². The van der Waals surface area contributed by atoms with E-state index in [9.17, 15) is 4.79 Å². The SMILES string of the molecule is O=C(CSc1nnc(-c2ccncc2)o1)c1ccc2ccccc2c1. The lowest BCUT2D eigenvalue weighted by Gasteiger charge is -2.02. The van der Waals surface area contributed by atoms with E-state index in [-0.39, 0.29) is 11.5 Å². The highest BCUT2D eigenvalue weighted by Gasteiger charge is 2.12. The maximum Gasteiger partial charge on any atom is 0.277 e. The van der Waals surface area contributed by atoms with Crippen molar-refractivity contribution >= 4 is 28.3 Å². The van der Waals surface area contributed by atoms with E-state index < -0.39 is 0 Å². The van der Waals surface area contributed by atoms with Gasteiger partial charge in [0.25, 0.3) is 5.22 Å². The molecule has 5 nitrogen and oxygen atoms in total. The number of Topliss-reactive ketones (excluding diaryl/α,β-unsaturated/α-hetero) is 1. The minimum Gasteiger partial charge on any atom is -0.411 e. The fourth-order valence-corrected chi connectivity index (χ4v) is 3.11. The molecule has 0 aliphatic heterocycles. The molecule has 4 rings (SSSR count). The zero-order valence-corrected chi connectivity index (χ0v) is 13.9. The molecule has 0 atom stereocenters. The number of benzene rings is 2. The third-order valence-electron chi connectivity index (χ3n) is 3.73. The number of ketones is 1. The Labute approximate surface area is 148 Å². The summed E-state index contributed by atoms with van der Waals surface area (Å²) < 4.78 is 5.59. The summed E-state index contributed by atoms with van der Waals surface area (Å²) in [4.78, 5) is 16.4. The van der Waals surface area contributed by atoms with Gasteiger partial charge in [-0.15, -0.1) is 10.2 Å². The predicted octanol–water partition coefficient (Wildman–Crippen LogP) is 4.26. The molecule has 2 aromatic carbocycles. The van der Waals surface area contributed by atoms with E-state index in [1.54, 1.807) is 24.5 Å². The number of rotatable bonds is 5. The van der Waals surface area contributed by atoms with E-state index in [0.717, 1.165) is 16.3 Å². The highest BCUT2D eigenvalue weighted by molar-refractivity contribution is 7.99. The number of thioether (sulfide) groups is 1. The second-order valence-corrected chi connectivity index (χ2v) is 6.31. The molecule has 0 bridgehead atoms. The van der Waals surface area contributed by atoms with Crippen LogP contribution in [0.3, 0.4) is 0 Å². The molecule has 0 aliphatic rings. The molecular formula is C19H13N3O2S. The van der Waals surface area contributed by atoms with Crippen molar-refractivity contribution in [2.45, 2.75) is 5.22 Å². The number of hydrogen-bond acceptors (Lipinski definition) is 6. The average Bonchev–Trinajstić information content (AvgIpc) is 3.15. The van der Waals surface area contributed by atoms with E-state index in [1.807, 2.05) is 42.5 Å². The van der Waals surface area contributed by atoms with E-state index in [2.05, 4.69) is 15.2 Å². The summed E-state index contributed by atoms with van der Waals surface area (Å²) >= 11 is 1.24. The lowest BCUT2D eigenvalue weighted by atomic mass is 10.1. The van der Waals surface area contributed by atoms with Crippen LogP contribution in [0.25, 0.3) is 22.2 Å². The monoisotopic (exact) mass is 347 g/mol. The van der Waals surface area contributed by atoms with Crippen molar-refractivity contribution in [3.8, 4) is 11.5 Å². The quantitative estimate of drug-likeness (QED) is 0.397. The van der Waals surface area contributed by atoms with Crippen molar-refractivity contribution in [3.63, 3.8) is 0 Å². The number of aromatic nitrogens is 3. The van der Waals surface area contributed by atoms with Crippen LogP contribution in [-0.2, 0) is 0 Å². The smallest absolute Gasteiger partial charge is 0.277 e. The van der Waals surface area contributed by atoms with Crippen LogP contribution >= 0.6 is 11.8 Å². The summed E-state index contributed by atoms with van der Waals surface area (Å²) in [6.45, 7) is 0. The first-order chi connectivity index (χ1) is 12.3. The number of fused-ring (bicyclic) bond motifs is 1. The third kappa shape index (κ3) is 3.44. The molecule has 0 radical (unpaired) electrons. The summed E-state index contributed by atoms with van der Waals surface area (Å²) in [5.41, 5.74) is 1.48. The van der Waals surface area contributed by atoms with Crippen LogP contribution in [0.5, 0.6) is 0 Å². The molecule has 2 heterocycles. The highest BCUT2D eigenvalue weighted by Crippen LogP contribution is 2.24. The molecule has 0 unspecified atom stereocenters. The third-order valence-corrected chi connectivity index (χ3v) is 4.55. The van der Waals surface area contributed by atoms with Gasteiger partial charge in [0, 0.05) is 23.5 Å². The van der Waals surface area contributed by atoms with Gasteiger partial charge in [0.2, 0.25) is 5.89 Å². The molecule has 0 aliphatic carbocycles. The van der Waals surface area contributed by atoms with Gasteiger partial charge in [-0.25, -0.2) is 0 Å². The second-order valence-electron chi connectivity index (χ2n) is 5.38. The lowest BCUT2D eigenvalue weighted by Crippen LogP contribution is -2.02. The van der Waals surface area contributed by atoms with Gasteiger partial charge in [-0.05, 0) is 29.0 Å². The first-order valence-electron chi connectivity index (χ1n) is 7.68. The number of hydrogen-bond donors (Lipinski definition) is 0. The fourth-order valence-electron chi connectivity index (χ4n) is 2.45. The van der Waals surface area contributed by atoms with Gasteiger partial charge in [-0.1, -0.05) is 48.2 Å². The molecule has 4 aromatic rings. The standard InChI is InChI=1S/C19H13N3O2S/c23-17(16-6-5-13-3-1-2-4-15(13)11-16)12-25-19-22-21-18(24-19)14-7-9-20-10-8-14/h1-11H,12H2. The first kappa shape index (κ1) is 15.5. The topological polar surface area (TPSA) is 68.9 Å². The summed E-state index contributed by atoms with van der Waals surface area (Å²) in [5.74, 6) is 0.693. The molecule has 0 saturated carbocycles.